The molecule has 3 rings (SSSR count). The molecule has 3 heterocycles. The Morgan fingerprint density at radius 3 is 3.00 bits per heavy atom. The van der Waals surface area contributed by atoms with Gasteiger partial charge >= 0.3 is 5.65 Å². The van der Waals surface area contributed by atoms with Crippen LogP contribution < -0.4 is 10.7 Å². The molecule has 0 saturated carbocycles. The van der Waals surface area contributed by atoms with E-state index < -0.39 is 0 Å². The van der Waals surface area contributed by atoms with Gasteiger partial charge in [0.1, 0.15) is 0 Å². The van der Waals surface area contributed by atoms with Crippen molar-refractivity contribution >= 4 is 17.1 Å². The predicted octanol–water partition coefficient (Wildman–Crippen LogP) is -0.287. The van der Waals surface area contributed by atoms with Crippen molar-refractivity contribution in [1.29, 1.82) is 0 Å². The van der Waals surface area contributed by atoms with E-state index in [0.29, 0.717) is 28.6 Å². The Labute approximate surface area is 88.9 Å². The van der Waals surface area contributed by atoms with E-state index in [0.717, 1.165) is 0 Å². The second-order valence-corrected chi connectivity index (χ2v) is 3.22. The van der Waals surface area contributed by atoms with Crippen molar-refractivity contribution < 1.29 is 9.51 Å². The number of aromatic amines is 2. The molecule has 0 fully saturated rings. The maximum atomic E-state index is 5.59. The summed E-state index contributed by atoms with van der Waals surface area (Å²) in [6, 6.07) is 0. The minimum absolute atomic E-state index is 0.154. The van der Waals surface area contributed by atoms with Crippen LogP contribution >= 0.6 is 0 Å². The Bertz CT molecular complexity index is 655. The van der Waals surface area contributed by atoms with E-state index in [-0.39, 0.29) is 5.95 Å². The van der Waals surface area contributed by atoms with Gasteiger partial charge in [-0.3, -0.25) is 4.98 Å². The predicted molar refractivity (Wildman–Crippen MR) is 52.9 cm³/mol. The van der Waals surface area contributed by atoms with Crippen molar-refractivity contribution in [2.45, 2.75) is 6.92 Å². The molecule has 80 valence electrons. The number of fused-ring (bicyclic) bond motifs is 1. The Balaban J connectivity index is 2.33. The lowest BCUT2D eigenvalue weighted by Crippen LogP contribution is -2.03. The number of H-pyrrole nitrogens is 2. The standard InChI is InChI=1S/C8H7N7O/c1-3-12-7(15-16-3)5-4-6(11-2-10-4)14-8(9)13-5/h2H,1H3,(H3,9,10,11,13,14)/p+1. The fourth-order valence-electron chi connectivity index (χ4n) is 1.45. The molecule has 0 saturated heterocycles. The molecule has 0 radical (unpaired) electrons. The molecule has 0 aliphatic carbocycles. The SMILES string of the molecule is Cc1nc(-c2nc(N)nc3[nH+]c[nH]c23)no1. The third-order valence-corrected chi connectivity index (χ3v) is 2.09. The van der Waals surface area contributed by atoms with Crippen LogP contribution in [0.15, 0.2) is 10.9 Å². The summed E-state index contributed by atoms with van der Waals surface area (Å²) in [5.74, 6) is 1.00. The maximum absolute atomic E-state index is 5.59. The second-order valence-electron chi connectivity index (χ2n) is 3.22. The number of nitrogens with one attached hydrogen (secondary N) is 2. The molecule has 0 spiro atoms. The summed E-state index contributed by atoms with van der Waals surface area (Å²) in [6.07, 6.45) is 1.63. The van der Waals surface area contributed by atoms with Crippen LogP contribution in [0, 0.1) is 6.92 Å². The molecular weight excluding hydrogens is 210 g/mol. The summed E-state index contributed by atoms with van der Waals surface area (Å²) in [5.41, 5.74) is 7.39. The van der Waals surface area contributed by atoms with Gasteiger partial charge in [-0.25, -0.2) is 4.98 Å². The molecule has 8 nitrogen and oxygen atoms in total. The van der Waals surface area contributed by atoms with Crippen molar-refractivity contribution in [1.82, 2.24) is 25.1 Å². The number of rotatable bonds is 1. The molecule has 16 heavy (non-hydrogen) atoms. The average Bonchev–Trinajstić information content (AvgIpc) is 2.84. The highest BCUT2D eigenvalue weighted by atomic mass is 16.5. The summed E-state index contributed by atoms with van der Waals surface area (Å²) in [7, 11) is 0. The van der Waals surface area contributed by atoms with Gasteiger partial charge in [-0.1, -0.05) is 10.1 Å². The highest BCUT2D eigenvalue weighted by Gasteiger charge is 2.19. The van der Waals surface area contributed by atoms with Crippen LogP contribution in [0.3, 0.4) is 0 Å². The third-order valence-electron chi connectivity index (χ3n) is 2.09. The van der Waals surface area contributed by atoms with E-state index in [1.165, 1.54) is 0 Å². The highest BCUT2D eigenvalue weighted by Crippen LogP contribution is 2.20. The molecule has 0 aromatic carbocycles. The Hall–Kier alpha value is -2.51. The normalized spacial score (nSPS) is 11.1. The molecule has 0 unspecified atom stereocenters. The first kappa shape index (κ1) is 8.77. The van der Waals surface area contributed by atoms with E-state index in [2.05, 4.69) is 30.1 Å². The summed E-state index contributed by atoms with van der Waals surface area (Å²) in [5, 5.41) is 3.79. The zero-order valence-corrected chi connectivity index (χ0v) is 8.35. The number of nitrogens with zero attached hydrogens (tertiary/aromatic N) is 4. The van der Waals surface area contributed by atoms with E-state index in [1.807, 2.05) is 0 Å². The van der Waals surface area contributed by atoms with Crippen molar-refractivity contribution in [2.75, 3.05) is 5.73 Å². The zero-order valence-electron chi connectivity index (χ0n) is 8.35. The van der Waals surface area contributed by atoms with Crippen LogP contribution in [-0.4, -0.2) is 25.1 Å². The van der Waals surface area contributed by atoms with Gasteiger partial charge in [0.05, 0.1) is 0 Å². The van der Waals surface area contributed by atoms with Gasteiger partial charge in [0.15, 0.2) is 12.0 Å². The second kappa shape index (κ2) is 2.99. The van der Waals surface area contributed by atoms with E-state index >= 15 is 0 Å². The number of anilines is 1. The Kier molecular flexibility index (Phi) is 1.64. The number of hydrogen-bond acceptors (Lipinski definition) is 6. The first-order valence-corrected chi connectivity index (χ1v) is 4.57. The summed E-state index contributed by atoms with van der Waals surface area (Å²) in [6.45, 7) is 1.71. The molecule has 0 atom stereocenters. The molecule has 0 aliphatic heterocycles. The van der Waals surface area contributed by atoms with E-state index in [9.17, 15) is 0 Å². The molecule has 4 N–H and O–H groups in total. The summed E-state index contributed by atoms with van der Waals surface area (Å²) < 4.78 is 4.90. The highest BCUT2D eigenvalue weighted by molar-refractivity contribution is 5.83. The lowest BCUT2D eigenvalue weighted by atomic mass is 10.3. The molecule has 0 amide bonds. The van der Waals surface area contributed by atoms with Gasteiger partial charge in [0.2, 0.25) is 17.2 Å². The van der Waals surface area contributed by atoms with Gasteiger partial charge in [-0.05, 0) is 0 Å². The van der Waals surface area contributed by atoms with Crippen LogP contribution in [0.4, 0.5) is 5.95 Å². The van der Waals surface area contributed by atoms with Gasteiger partial charge in [0.25, 0.3) is 5.95 Å². The average molecular weight is 218 g/mol. The molecule has 3 aromatic heterocycles. The van der Waals surface area contributed by atoms with Gasteiger partial charge in [-0.2, -0.15) is 9.97 Å². The smallest absolute Gasteiger partial charge is 0.305 e. The monoisotopic (exact) mass is 218 g/mol. The fraction of sp³-hybridized carbons (Fsp3) is 0.125. The lowest BCUT2D eigenvalue weighted by Gasteiger charge is -1.92. The van der Waals surface area contributed by atoms with Crippen LogP contribution in [0.5, 0.6) is 0 Å². The fourth-order valence-corrected chi connectivity index (χ4v) is 1.45. The minimum Gasteiger partial charge on any atom is -0.354 e. The maximum Gasteiger partial charge on any atom is 0.305 e. The topological polar surface area (TPSA) is 121 Å². The molecule has 8 heteroatoms. The largest absolute Gasteiger partial charge is 0.354 e. The number of nitrogens with two attached hydrogens (primary N) is 1. The first-order valence-electron chi connectivity index (χ1n) is 4.57. The molecule has 0 bridgehead atoms. The van der Waals surface area contributed by atoms with Crippen LogP contribution in [0.1, 0.15) is 5.89 Å². The molecule has 3 aromatic rings. The first-order chi connectivity index (χ1) is 7.74. The van der Waals surface area contributed by atoms with Crippen molar-refractivity contribution in [3.8, 4) is 11.5 Å². The van der Waals surface area contributed by atoms with Gasteiger partial charge in [-0.15, -0.1) is 0 Å². The molecule has 0 aliphatic rings. The quantitative estimate of drug-likeness (QED) is 0.579. The number of imidazole rings is 1. The minimum atomic E-state index is 0.154. The number of nitrogen functional groups attached to an aromatic ring is 1. The molecular formula is C8H8N7O+. The van der Waals surface area contributed by atoms with Crippen LogP contribution in [-0.2, 0) is 0 Å². The number of aromatic nitrogens is 6. The van der Waals surface area contributed by atoms with E-state index in [4.69, 9.17) is 10.3 Å². The number of aryl methyl sites for hydroxylation is 1. The Morgan fingerprint density at radius 2 is 2.25 bits per heavy atom. The summed E-state index contributed by atoms with van der Waals surface area (Å²) in [4.78, 5) is 18.1. The van der Waals surface area contributed by atoms with Crippen LogP contribution in [0.25, 0.3) is 22.7 Å². The van der Waals surface area contributed by atoms with Crippen LogP contribution in [0.2, 0.25) is 0 Å². The van der Waals surface area contributed by atoms with Crippen molar-refractivity contribution in [3.63, 3.8) is 0 Å². The zero-order chi connectivity index (χ0) is 11.1. The number of hydrogen-bond donors (Lipinski definition) is 2. The Morgan fingerprint density at radius 1 is 1.38 bits per heavy atom. The lowest BCUT2D eigenvalue weighted by molar-refractivity contribution is -0.347. The van der Waals surface area contributed by atoms with Gasteiger partial charge in [0, 0.05) is 6.92 Å². The van der Waals surface area contributed by atoms with Gasteiger partial charge < -0.3 is 10.3 Å². The summed E-state index contributed by atoms with van der Waals surface area (Å²) >= 11 is 0. The van der Waals surface area contributed by atoms with Crippen molar-refractivity contribution in [2.24, 2.45) is 0 Å². The van der Waals surface area contributed by atoms with Crippen molar-refractivity contribution in [3.05, 3.63) is 12.2 Å². The van der Waals surface area contributed by atoms with E-state index in [1.54, 1.807) is 13.3 Å². The third kappa shape index (κ3) is 1.20.